The Morgan fingerprint density at radius 3 is 2.24 bits per heavy atom. The first kappa shape index (κ1) is 19.0. The number of amides is 1. The Kier molecular flexibility index (Phi) is 6.63. The maximum Gasteiger partial charge on any atom is 0.222 e. The average molecular weight is 339 g/mol. The first-order valence-corrected chi connectivity index (χ1v) is 8.87. The lowest BCUT2D eigenvalue weighted by atomic mass is 9.87. The summed E-state index contributed by atoms with van der Waals surface area (Å²) < 4.78 is 5.75. The molecule has 2 aromatic carbocycles. The second kappa shape index (κ2) is 8.70. The maximum atomic E-state index is 12.2. The van der Waals surface area contributed by atoms with Crippen LogP contribution in [0.15, 0.2) is 54.6 Å². The smallest absolute Gasteiger partial charge is 0.222 e. The molecule has 0 atom stereocenters. The van der Waals surface area contributed by atoms with Crippen molar-refractivity contribution in [2.24, 2.45) is 0 Å². The molecule has 0 saturated heterocycles. The fraction of sp³-hybridized carbons (Fsp3) is 0.409. The minimum absolute atomic E-state index is 0.147. The topological polar surface area (TPSA) is 29.5 Å². The Morgan fingerprint density at radius 2 is 1.64 bits per heavy atom. The van der Waals surface area contributed by atoms with Gasteiger partial charge < -0.3 is 9.64 Å². The summed E-state index contributed by atoms with van der Waals surface area (Å²) in [7, 11) is 1.85. The van der Waals surface area contributed by atoms with Gasteiger partial charge in [0.05, 0.1) is 6.61 Å². The molecule has 0 unspecified atom stereocenters. The standard InChI is InChI=1S/C22H29NO2/c1-22(2,3)19-12-14-20(15-13-19)25-16-8-11-21(24)23(4)17-18-9-6-5-7-10-18/h5-7,9-10,12-15H,8,11,16-17H2,1-4H3. The fourth-order valence-electron chi connectivity index (χ4n) is 2.60. The van der Waals surface area contributed by atoms with E-state index < -0.39 is 0 Å². The zero-order valence-corrected chi connectivity index (χ0v) is 15.8. The molecule has 0 radical (unpaired) electrons. The molecule has 2 aromatic rings. The van der Waals surface area contributed by atoms with Crippen molar-refractivity contribution in [2.75, 3.05) is 13.7 Å². The number of hydrogen-bond acceptors (Lipinski definition) is 2. The summed E-state index contributed by atoms with van der Waals surface area (Å²) in [4.78, 5) is 14.0. The van der Waals surface area contributed by atoms with Gasteiger partial charge >= 0.3 is 0 Å². The maximum absolute atomic E-state index is 12.2. The quantitative estimate of drug-likeness (QED) is 0.678. The van der Waals surface area contributed by atoms with Gasteiger partial charge in [-0.15, -0.1) is 0 Å². The Bertz CT molecular complexity index is 657. The van der Waals surface area contributed by atoms with Gasteiger partial charge in [0.1, 0.15) is 5.75 Å². The van der Waals surface area contributed by atoms with Gasteiger partial charge in [0.15, 0.2) is 0 Å². The van der Waals surface area contributed by atoms with Crippen LogP contribution in [0.25, 0.3) is 0 Å². The van der Waals surface area contributed by atoms with E-state index in [9.17, 15) is 4.79 Å². The van der Waals surface area contributed by atoms with Gasteiger partial charge in [-0.1, -0.05) is 63.2 Å². The average Bonchev–Trinajstić information content (AvgIpc) is 2.59. The first-order chi connectivity index (χ1) is 11.9. The summed E-state index contributed by atoms with van der Waals surface area (Å²) in [5, 5.41) is 0. The highest BCUT2D eigenvalue weighted by Crippen LogP contribution is 2.24. The number of carbonyl (C=O) groups is 1. The highest BCUT2D eigenvalue weighted by molar-refractivity contribution is 5.75. The lowest BCUT2D eigenvalue weighted by Gasteiger charge is -2.19. The number of benzene rings is 2. The molecule has 134 valence electrons. The third kappa shape index (κ3) is 6.26. The molecule has 0 bridgehead atoms. The number of nitrogens with zero attached hydrogens (tertiary/aromatic N) is 1. The van der Waals surface area contributed by atoms with Crippen LogP contribution in [-0.4, -0.2) is 24.5 Å². The molecule has 0 aliphatic heterocycles. The Morgan fingerprint density at radius 1 is 1.00 bits per heavy atom. The minimum Gasteiger partial charge on any atom is -0.494 e. The van der Waals surface area contributed by atoms with E-state index in [1.165, 1.54) is 5.56 Å². The van der Waals surface area contributed by atoms with Crippen LogP contribution in [0.2, 0.25) is 0 Å². The molecule has 3 nitrogen and oxygen atoms in total. The molecule has 25 heavy (non-hydrogen) atoms. The van der Waals surface area contributed by atoms with Crippen molar-refractivity contribution in [3.05, 3.63) is 65.7 Å². The van der Waals surface area contributed by atoms with Gasteiger partial charge in [-0.2, -0.15) is 0 Å². The van der Waals surface area contributed by atoms with Crippen molar-refractivity contribution in [1.82, 2.24) is 4.90 Å². The van der Waals surface area contributed by atoms with E-state index in [0.29, 0.717) is 19.6 Å². The highest BCUT2D eigenvalue weighted by atomic mass is 16.5. The van der Waals surface area contributed by atoms with E-state index in [4.69, 9.17) is 4.74 Å². The van der Waals surface area contributed by atoms with Crippen LogP contribution in [0, 0.1) is 0 Å². The molecule has 0 saturated carbocycles. The predicted octanol–water partition coefficient (Wildman–Crippen LogP) is 4.80. The zero-order valence-electron chi connectivity index (χ0n) is 15.8. The number of rotatable bonds is 7. The molecular weight excluding hydrogens is 310 g/mol. The third-order valence-electron chi connectivity index (χ3n) is 4.21. The molecular formula is C22H29NO2. The van der Waals surface area contributed by atoms with Crippen molar-refractivity contribution in [3.8, 4) is 5.75 Å². The van der Waals surface area contributed by atoms with Crippen LogP contribution >= 0.6 is 0 Å². The van der Waals surface area contributed by atoms with Crippen LogP contribution in [0.4, 0.5) is 0 Å². The molecule has 0 spiro atoms. The van der Waals surface area contributed by atoms with E-state index in [0.717, 1.165) is 17.7 Å². The number of hydrogen-bond donors (Lipinski definition) is 0. The van der Waals surface area contributed by atoms with Crippen molar-refractivity contribution >= 4 is 5.91 Å². The lowest BCUT2D eigenvalue weighted by Crippen LogP contribution is -2.26. The van der Waals surface area contributed by atoms with Crippen molar-refractivity contribution in [3.63, 3.8) is 0 Å². The molecule has 0 aliphatic carbocycles. The third-order valence-corrected chi connectivity index (χ3v) is 4.21. The molecule has 2 rings (SSSR count). The Labute approximate surface area is 151 Å². The SMILES string of the molecule is CN(Cc1ccccc1)C(=O)CCCOc1ccc(C(C)(C)C)cc1. The van der Waals surface area contributed by atoms with E-state index in [1.54, 1.807) is 4.90 Å². The van der Waals surface area contributed by atoms with Gasteiger partial charge in [0.25, 0.3) is 0 Å². The number of ether oxygens (including phenoxy) is 1. The largest absolute Gasteiger partial charge is 0.494 e. The normalized spacial score (nSPS) is 11.2. The van der Waals surface area contributed by atoms with E-state index >= 15 is 0 Å². The fourth-order valence-corrected chi connectivity index (χ4v) is 2.60. The van der Waals surface area contributed by atoms with Crippen LogP contribution in [0.5, 0.6) is 5.75 Å². The molecule has 0 heterocycles. The monoisotopic (exact) mass is 339 g/mol. The second-order valence-electron chi connectivity index (χ2n) is 7.46. The zero-order chi connectivity index (χ0) is 18.3. The van der Waals surface area contributed by atoms with Gasteiger partial charge in [-0.3, -0.25) is 4.79 Å². The van der Waals surface area contributed by atoms with Crippen molar-refractivity contribution < 1.29 is 9.53 Å². The summed E-state index contributed by atoms with van der Waals surface area (Å²) in [5.74, 6) is 1.01. The lowest BCUT2D eigenvalue weighted by molar-refractivity contribution is -0.130. The molecule has 0 aliphatic rings. The number of carbonyl (C=O) groups excluding carboxylic acids is 1. The molecule has 0 N–H and O–H groups in total. The molecule has 3 heteroatoms. The summed E-state index contributed by atoms with van der Waals surface area (Å²) in [6, 6.07) is 18.3. The van der Waals surface area contributed by atoms with E-state index in [1.807, 2.05) is 49.5 Å². The Balaban J connectivity index is 1.70. The first-order valence-electron chi connectivity index (χ1n) is 8.87. The second-order valence-corrected chi connectivity index (χ2v) is 7.46. The molecule has 0 fully saturated rings. The van der Waals surface area contributed by atoms with Gasteiger partial charge in [0, 0.05) is 20.0 Å². The Hall–Kier alpha value is -2.29. The summed E-state index contributed by atoms with van der Waals surface area (Å²) in [6.07, 6.45) is 1.22. The van der Waals surface area contributed by atoms with Gasteiger partial charge in [0.2, 0.25) is 5.91 Å². The highest BCUT2D eigenvalue weighted by Gasteiger charge is 2.13. The summed E-state index contributed by atoms with van der Waals surface area (Å²) in [5.41, 5.74) is 2.58. The van der Waals surface area contributed by atoms with Crippen molar-refractivity contribution in [2.45, 2.75) is 45.6 Å². The van der Waals surface area contributed by atoms with E-state index in [-0.39, 0.29) is 11.3 Å². The summed E-state index contributed by atoms with van der Waals surface area (Å²) >= 11 is 0. The minimum atomic E-state index is 0.147. The van der Waals surface area contributed by atoms with Crippen LogP contribution in [0.1, 0.15) is 44.7 Å². The molecule has 0 aromatic heterocycles. The van der Waals surface area contributed by atoms with Crippen LogP contribution in [-0.2, 0) is 16.8 Å². The van der Waals surface area contributed by atoms with Crippen molar-refractivity contribution in [1.29, 1.82) is 0 Å². The van der Waals surface area contributed by atoms with Crippen LogP contribution in [0.3, 0.4) is 0 Å². The summed E-state index contributed by atoms with van der Waals surface area (Å²) in [6.45, 7) is 7.79. The van der Waals surface area contributed by atoms with Gasteiger partial charge in [-0.05, 0) is 35.1 Å². The predicted molar refractivity (Wildman–Crippen MR) is 103 cm³/mol. The van der Waals surface area contributed by atoms with Gasteiger partial charge in [-0.25, -0.2) is 0 Å². The molecule has 1 amide bonds. The van der Waals surface area contributed by atoms with E-state index in [2.05, 4.69) is 32.9 Å². The van der Waals surface area contributed by atoms with Crippen LogP contribution < -0.4 is 4.74 Å².